The molecule has 4 aromatic carbocycles. The Balaban J connectivity index is 1.01. The average molecular weight is 839 g/mol. The third-order valence-electron chi connectivity index (χ3n) is 10.9. The minimum absolute atomic E-state index is 0.0616. The first-order valence-corrected chi connectivity index (χ1v) is 21.2. The number of ether oxygens (including phenoxy) is 2. The highest BCUT2D eigenvalue weighted by Gasteiger charge is 2.30. The summed E-state index contributed by atoms with van der Waals surface area (Å²) in [4.78, 5) is 32.3. The van der Waals surface area contributed by atoms with Gasteiger partial charge in [0.2, 0.25) is 0 Å². The fourth-order valence-electron chi connectivity index (χ4n) is 7.54. The van der Waals surface area contributed by atoms with Crippen LogP contribution >= 0.6 is 11.6 Å². The number of nitro benzene ring substituents is 1. The number of aromatic nitrogens is 3. The molecule has 6 aromatic rings. The highest BCUT2D eigenvalue weighted by atomic mass is 35.5. The maximum absolute atomic E-state index is 13.9. The quantitative estimate of drug-likeness (QED) is 0.0792. The maximum Gasteiger partial charge on any atom is 0.291 e. The number of nitrogens with zero attached hydrogens (tertiary/aromatic N) is 5. The van der Waals surface area contributed by atoms with Crippen LogP contribution in [0.4, 0.5) is 17.1 Å². The van der Waals surface area contributed by atoms with Crippen molar-refractivity contribution in [1.82, 2.24) is 24.4 Å². The number of benzene rings is 4. The van der Waals surface area contributed by atoms with E-state index in [1.165, 1.54) is 18.2 Å². The van der Waals surface area contributed by atoms with E-state index in [1.807, 2.05) is 60.4 Å². The first-order valence-electron chi connectivity index (χ1n) is 19.3. The van der Waals surface area contributed by atoms with Gasteiger partial charge in [0.1, 0.15) is 11.5 Å². The molecule has 59 heavy (non-hydrogen) atoms. The molecule has 2 aromatic heterocycles. The smallest absolute Gasteiger partial charge is 0.291 e. The van der Waals surface area contributed by atoms with Crippen LogP contribution in [0, 0.1) is 16.0 Å². The van der Waals surface area contributed by atoms with Crippen molar-refractivity contribution >= 4 is 55.5 Å². The van der Waals surface area contributed by atoms with Crippen molar-refractivity contribution in [1.29, 1.82) is 0 Å². The molecule has 0 aliphatic carbocycles. The van der Waals surface area contributed by atoms with Crippen LogP contribution in [0.5, 0.6) is 11.5 Å². The number of anilines is 2. The van der Waals surface area contributed by atoms with Crippen molar-refractivity contribution in [2.75, 3.05) is 56.2 Å². The largest absolute Gasteiger partial charge is 0.456 e. The number of hydrogen-bond acceptors (Lipinski definition) is 11. The number of nitrogens with one attached hydrogen (secondary N) is 3. The molecule has 17 heteroatoms. The number of sulfonamides is 1. The van der Waals surface area contributed by atoms with Crippen LogP contribution in [0.2, 0.25) is 5.02 Å². The lowest BCUT2D eigenvalue weighted by molar-refractivity contribution is -0.387. The number of carbonyl (C=O) groups excluding carboxylic acids is 1. The van der Waals surface area contributed by atoms with Gasteiger partial charge in [-0.2, -0.15) is 5.10 Å². The second-order valence-corrected chi connectivity index (χ2v) is 16.8. The van der Waals surface area contributed by atoms with E-state index in [0.29, 0.717) is 61.8 Å². The molecule has 3 N–H and O–H groups in total. The monoisotopic (exact) mass is 838 g/mol. The fourth-order valence-corrected chi connectivity index (χ4v) is 8.79. The second kappa shape index (κ2) is 17.1. The number of aryl methyl sites for hydroxylation is 1. The lowest BCUT2D eigenvalue weighted by atomic mass is 10.0. The summed E-state index contributed by atoms with van der Waals surface area (Å²) in [6.07, 6.45) is 5.39. The van der Waals surface area contributed by atoms with Gasteiger partial charge in [-0.05, 0) is 85.0 Å². The van der Waals surface area contributed by atoms with Gasteiger partial charge in [-0.25, -0.2) is 13.1 Å². The fraction of sp³-hybridized carbons (Fsp3) is 0.286. The van der Waals surface area contributed by atoms with E-state index >= 15 is 0 Å². The molecule has 306 valence electrons. The molecule has 0 unspecified atom stereocenters. The molecular formula is C42H43ClN8O7S. The molecule has 2 saturated heterocycles. The number of rotatable bonds is 13. The zero-order valence-corrected chi connectivity index (χ0v) is 33.8. The minimum atomic E-state index is -4.70. The van der Waals surface area contributed by atoms with Crippen LogP contribution in [0.1, 0.15) is 28.9 Å². The van der Waals surface area contributed by atoms with Gasteiger partial charge in [-0.1, -0.05) is 23.7 Å². The standard InChI is InChI=1S/C42H43ClN8O7S/c1-48-39(36(26-46-48)29-2-4-31(43)5-3-29)27-49-16-18-50(19-17-49)33-7-9-35(40(24-33)58-34-8-10-37-30(22-34)12-15-44-37)42(52)47-59(55,56)41-11-6-32(23-38(41)51(53)54)45-25-28-13-20-57-21-14-28/h2-12,15,22-24,26,28,44-45H,13-14,16-21,25,27H2,1H3,(H,47,52). The molecule has 0 spiro atoms. The number of H-pyrrole nitrogens is 1. The Morgan fingerprint density at radius 1 is 1.00 bits per heavy atom. The molecule has 2 aliphatic rings. The first-order chi connectivity index (χ1) is 28.5. The first kappa shape index (κ1) is 39.9. The van der Waals surface area contributed by atoms with Gasteiger partial charge < -0.3 is 24.7 Å². The zero-order valence-electron chi connectivity index (χ0n) is 32.3. The maximum atomic E-state index is 13.9. The Bertz CT molecular complexity index is 2600. The number of carbonyl (C=O) groups is 1. The molecule has 2 fully saturated rings. The van der Waals surface area contributed by atoms with E-state index in [1.54, 1.807) is 24.4 Å². The Labute approximate surface area is 346 Å². The number of hydrogen-bond donors (Lipinski definition) is 3. The topological polar surface area (TPSA) is 177 Å². The molecule has 15 nitrogen and oxygen atoms in total. The Morgan fingerprint density at radius 2 is 1.78 bits per heavy atom. The molecular weight excluding hydrogens is 796 g/mol. The van der Waals surface area contributed by atoms with Gasteiger partial charge >= 0.3 is 0 Å². The summed E-state index contributed by atoms with van der Waals surface area (Å²) in [5.74, 6) is -0.113. The van der Waals surface area contributed by atoms with Gasteiger partial charge in [0.25, 0.3) is 21.6 Å². The summed E-state index contributed by atoms with van der Waals surface area (Å²) < 4.78 is 43.1. The van der Waals surface area contributed by atoms with Crippen molar-refractivity contribution in [3.05, 3.63) is 124 Å². The normalized spacial score (nSPS) is 15.3. The van der Waals surface area contributed by atoms with Gasteiger partial charge in [0.05, 0.1) is 22.4 Å². The van der Waals surface area contributed by atoms with Crippen molar-refractivity contribution in [2.45, 2.75) is 24.3 Å². The summed E-state index contributed by atoms with van der Waals surface area (Å²) in [5.41, 5.74) is 4.54. The molecule has 8 rings (SSSR count). The third kappa shape index (κ3) is 9.05. The SMILES string of the molecule is Cn1ncc(-c2ccc(Cl)cc2)c1CN1CCN(c2ccc(C(=O)NS(=O)(=O)c3ccc(NCC4CCOCC4)cc3[N+](=O)[O-])c(Oc3ccc4[nH]ccc4c3)c2)CC1. The zero-order chi connectivity index (χ0) is 41.1. The van der Waals surface area contributed by atoms with Crippen LogP contribution in [-0.2, 0) is 28.4 Å². The highest BCUT2D eigenvalue weighted by Crippen LogP contribution is 2.34. The van der Waals surface area contributed by atoms with Crippen molar-refractivity contribution in [3.8, 4) is 22.6 Å². The van der Waals surface area contributed by atoms with Crippen LogP contribution in [0.3, 0.4) is 0 Å². The Kier molecular flexibility index (Phi) is 11.6. The summed E-state index contributed by atoms with van der Waals surface area (Å²) >= 11 is 6.14. The van der Waals surface area contributed by atoms with Gasteiger partial charge in [0, 0.05) is 111 Å². The average Bonchev–Trinajstić information content (AvgIpc) is 3.86. The summed E-state index contributed by atoms with van der Waals surface area (Å²) in [6, 6.07) is 23.8. The highest BCUT2D eigenvalue weighted by molar-refractivity contribution is 7.90. The number of amides is 1. The molecule has 0 radical (unpaired) electrons. The number of nitro groups is 1. The van der Waals surface area contributed by atoms with E-state index in [0.717, 1.165) is 65.4 Å². The number of fused-ring (bicyclic) bond motifs is 1. The van der Waals surface area contributed by atoms with Crippen LogP contribution in [0.15, 0.2) is 102 Å². The summed E-state index contributed by atoms with van der Waals surface area (Å²) in [6.45, 7) is 5.39. The molecule has 1 amide bonds. The van der Waals surface area contributed by atoms with Gasteiger partial charge in [-0.15, -0.1) is 0 Å². The molecule has 4 heterocycles. The Hall–Kier alpha value is -5.94. The lowest BCUT2D eigenvalue weighted by Gasteiger charge is -2.36. The predicted octanol–water partition coefficient (Wildman–Crippen LogP) is 7.20. The van der Waals surface area contributed by atoms with Crippen LogP contribution < -0.4 is 19.7 Å². The van der Waals surface area contributed by atoms with Gasteiger partial charge in [0.15, 0.2) is 4.90 Å². The number of halogens is 1. The van der Waals surface area contributed by atoms with E-state index in [-0.39, 0.29) is 11.3 Å². The van der Waals surface area contributed by atoms with E-state index in [9.17, 15) is 23.3 Å². The van der Waals surface area contributed by atoms with E-state index in [2.05, 4.69) is 29.9 Å². The molecule has 0 saturated carbocycles. The van der Waals surface area contributed by atoms with Crippen molar-refractivity contribution in [3.63, 3.8) is 0 Å². The van der Waals surface area contributed by atoms with Gasteiger partial charge in [-0.3, -0.25) is 24.5 Å². The molecule has 0 atom stereocenters. The van der Waals surface area contributed by atoms with Crippen LogP contribution in [-0.4, -0.2) is 84.9 Å². The predicted molar refractivity (Wildman–Crippen MR) is 226 cm³/mol. The number of aromatic amines is 1. The van der Waals surface area contributed by atoms with Crippen molar-refractivity contribution < 1.29 is 27.6 Å². The van der Waals surface area contributed by atoms with Crippen molar-refractivity contribution in [2.24, 2.45) is 13.0 Å². The second-order valence-electron chi connectivity index (χ2n) is 14.7. The third-order valence-corrected chi connectivity index (χ3v) is 12.5. The summed E-state index contributed by atoms with van der Waals surface area (Å²) in [7, 11) is -2.77. The number of piperazine rings is 1. The Morgan fingerprint density at radius 3 is 2.54 bits per heavy atom. The molecule has 0 bridgehead atoms. The van der Waals surface area contributed by atoms with E-state index < -0.39 is 31.4 Å². The summed E-state index contributed by atoms with van der Waals surface area (Å²) in [5, 5.41) is 21.4. The molecule has 2 aliphatic heterocycles. The minimum Gasteiger partial charge on any atom is -0.456 e. The van der Waals surface area contributed by atoms with Crippen LogP contribution in [0.25, 0.3) is 22.0 Å². The van der Waals surface area contributed by atoms with E-state index in [4.69, 9.17) is 21.1 Å². The lowest BCUT2D eigenvalue weighted by Crippen LogP contribution is -2.46.